The molecule has 0 aliphatic rings. The molecule has 2 N–H and O–H groups in total. The number of nitrogens with zero attached hydrogens (tertiary/aromatic N) is 4. The summed E-state index contributed by atoms with van der Waals surface area (Å²) in [7, 11) is 0. The van der Waals surface area contributed by atoms with E-state index in [0.717, 1.165) is 17.4 Å². The fraction of sp³-hybridized carbons (Fsp3) is 0.381. The van der Waals surface area contributed by atoms with Crippen LogP contribution in [0.5, 0.6) is 5.88 Å². The van der Waals surface area contributed by atoms with Crippen molar-refractivity contribution in [3.05, 3.63) is 50.3 Å². The minimum absolute atomic E-state index is 0.00728. The molecule has 10 heteroatoms. The fourth-order valence-corrected chi connectivity index (χ4v) is 2.91. The van der Waals surface area contributed by atoms with Gasteiger partial charge in [0.1, 0.15) is 11.6 Å². The van der Waals surface area contributed by atoms with E-state index in [4.69, 9.17) is 21.4 Å². The van der Waals surface area contributed by atoms with Crippen LogP contribution in [0.3, 0.4) is 0 Å². The summed E-state index contributed by atoms with van der Waals surface area (Å²) in [5, 5.41) is 36.8. The zero-order chi connectivity index (χ0) is 23.0. The molecular formula is C21H23ClN4O5. The van der Waals surface area contributed by atoms with E-state index in [2.05, 4.69) is 10.2 Å². The van der Waals surface area contributed by atoms with Crippen molar-refractivity contribution in [2.24, 2.45) is 10.2 Å². The normalized spacial score (nSPS) is 10.9. The Balaban J connectivity index is 2.44. The van der Waals surface area contributed by atoms with Crippen molar-refractivity contribution in [2.45, 2.75) is 39.7 Å². The van der Waals surface area contributed by atoms with E-state index in [0.29, 0.717) is 0 Å². The number of benzene rings is 1. The van der Waals surface area contributed by atoms with Gasteiger partial charge in [0.2, 0.25) is 5.88 Å². The van der Waals surface area contributed by atoms with Gasteiger partial charge < -0.3 is 14.9 Å². The first-order chi connectivity index (χ1) is 14.8. The van der Waals surface area contributed by atoms with Crippen LogP contribution in [0, 0.1) is 18.3 Å². The molecule has 0 saturated carbocycles. The zero-order valence-corrected chi connectivity index (χ0v) is 18.0. The summed E-state index contributed by atoms with van der Waals surface area (Å²) < 4.78 is 6.14. The number of azo groups is 1. The molecule has 164 valence electrons. The predicted octanol–water partition coefficient (Wildman–Crippen LogP) is 4.14. The number of nitriles is 1. The van der Waals surface area contributed by atoms with E-state index in [1.807, 2.05) is 13.0 Å². The highest BCUT2D eigenvalue weighted by Gasteiger charge is 2.19. The first-order valence-corrected chi connectivity index (χ1v) is 10.1. The molecule has 9 nitrogen and oxygen atoms in total. The summed E-state index contributed by atoms with van der Waals surface area (Å²) in [6.45, 7) is 3.54. The van der Waals surface area contributed by atoms with Gasteiger partial charge in [-0.05, 0) is 38.0 Å². The molecule has 1 aromatic carbocycles. The second kappa shape index (κ2) is 11.2. The lowest BCUT2D eigenvalue weighted by Gasteiger charge is -2.12. The molecule has 0 atom stereocenters. The monoisotopic (exact) mass is 446 g/mol. The number of hydrogen-bond donors (Lipinski definition) is 2. The van der Waals surface area contributed by atoms with E-state index in [9.17, 15) is 20.0 Å². The number of ether oxygens (including phenoxy) is 1. The van der Waals surface area contributed by atoms with Crippen LogP contribution in [0.15, 0.2) is 33.2 Å². The molecule has 2 aromatic rings. The third kappa shape index (κ3) is 5.69. The summed E-state index contributed by atoms with van der Waals surface area (Å²) in [5.41, 5.74) is -0.354. The third-order valence-corrected chi connectivity index (χ3v) is 4.80. The van der Waals surface area contributed by atoms with Crippen molar-refractivity contribution in [3.8, 4) is 11.9 Å². The highest BCUT2D eigenvalue weighted by Crippen LogP contribution is 2.28. The van der Waals surface area contributed by atoms with Gasteiger partial charge in [0.15, 0.2) is 5.69 Å². The zero-order valence-electron chi connectivity index (χ0n) is 17.3. The Labute approximate surface area is 184 Å². The van der Waals surface area contributed by atoms with Gasteiger partial charge in [-0.3, -0.25) is 9.36 Å². The van der Waals surface area contributed by atoms with Crippen molar-refractivity contribution >= 4 is 28.9 Å². The number of halogens is 1. The van der Waals surface area contributed by atoms with Crippen LogP contribution < -0.4 is 5.56 Å². The van der Waals surface area contributed by atoms with Crippen LogP contribution in [0.1, 0.15) is 47.7 Å². The minimum Gasteiger partial charge on any atom is -0.493 e. The van der Waals surface area contributed by atoms with E-state index in [1.165, 1.54) is 25.1 Å². The summed E-state index contributed by atoms with van der Waals surface area (Å²) in [6.07, 6.45) is 1.81. The quantitative estimate of drug-likeness (QED) is 0.337. The molecule has 1 aromatic heterocycles. The second-order valence-electron chi connectivity index (χ2n) is 6.67. The van der Waals surface area contributed by atoms with Gasteiger partial charge in [0.05, 0.1) is 22.9 Å². The van der Waals surface area contributed by atoms with Crippen molar-refractivity contribution in [1.29, 1.82) is 5.26 Å². The molecule has 0 saturated heterocycles. The van der Waals surface area contributed by atoms with Crippen LogP contribution in [0.4, 0.5) is 11.4 Å². The number of aliphatic hydroxyl groups excluding tert-OH is 1. The molecule has 0 unspecified atom stereocenters. The maximum Gasteiger partial charge on any atom is 0.339 e. The molecule has 0 radical (unpaired) electrons. The van der Waals surface area contributed by atoms with E-state index < -0.39 is 17.4 Å². The van der Waals surface area contributed by atoms with Crippen LogP contribution in [-0.4, -0.2) is 34.0 Å². The van der Waals surface area contributed by atoms with Crippen LogP contribution >= 0.6 is 11.6 Å². The topological polar surface area (TPSA) is 137 Å². The van der Waals surface area contributed by atoms with Gasteiger partial charge in [0, 0.05) is 18.7 Å². The molecule has 31 heavy (non-hydrogen) atoms. The molecular weight excluding hydrogens is 424 g/mol. The lowest BCUT2D eigenvalue weighted by Crippen LogP contribution is -2.22. The van der Waals surface area contributed by atoms with Crippen molar-refractivity contribution in [3.63, 3.8) is 0 Å². The van der Waals surface area contributed by atoms with Gasteiger partial charge >= 0.3 is 5.97 Å². The minimum atomic E-state index is -0.653. The van der Waals surface area contributed by atoms with Gasteiger partial charge in [-0.1, -0.05) is 24.9 Å². The number of aromatic nitrogens is 1. The number of esters is 1. The first kappa shape index (κ1) is 24.1. The fourth-order valence-electron chi connectivity index (χ4n) is 2.72. The lowest BCUT2D eigenvalue weighted by molar-refractivity contribution is 0.0500. The summed E-state index contributed by atoms with van der Waals surface area (Å²) in [5.74, 6) is -1.07. The van der Waals surface area contributed by atoms with Gasteiger partial charge in [-0.25, -0.2) is 4.79 Å². The summed E-state index contributed by atoms with van der Waals surface area (Å²) in [6, 6.07) is 6.23. The molecule has 1 heterocycles. The molecule has 0 fully saturated rings. The molecule has 0 aliphatic heterocycles. The average Bonchev–Trinajstić information content (AvgIpc) is 2.75. The van der Waals surface area contributed by atoms with Crippen molar-refractivity contribution < 1.29 is 19.7 Å². The number of rotatable bonds is 9. The number of pyridine rings is 1. The van der Waals surface area contributed by atoms with E-state index in [-0.39, 0.29) is 59.3 Å². The smallest absolute Gasteiger partial charge is 0.339 e. The van der Waals surface area contributed by atoms with Crippen LogP contribution in [0.2, 0.25) is 5.02 Å². The second-order valence-corrected chi connectivity index (χ2v) is 7.08. The van der Waals surface area contributed by atoms with Gasteiger partial charge in [0.25, 0.3) is 5.56 Å². The van der Waals surface area contributed by atoms with E-state index in [1.54, 1.807) is 0 Å². The Hall–Kier alpha value is -3.22. The third-order valence-electron chi connectivity index (χ3n) is 4.48. The number of hydrogen-bond acceptors (Lipinski definition) is 8. The maximum atomic E-state index is 12.7. The number of carbonyl (C=O) groups is 1. The standard InChI is InChI=1S/C21H23ClN4O5/c1-3-4-10-31-21(30)15-11-14(6-7-17(15)22)24-25-18-13(2)16(12-23)19(28)26(20(18)29)8-5-9-27/h6-7,11,27-28H,3-5,8-10H2,1-2H3. The van der Waals surface area contributed by atoms with Crippen molar-refractivity contribution in [2.75, 3.05) is 13.2 Å². The largest absolute Gasteiger partial charge is 0.493 e. The van der Waals surface area contributed by atoms with Gasteiger partial charge in [-0.15, -0.1) is 5.11 Å². The first-order valence-electron chi connectivity index (χ1n) is 9.71. The predicted molar refractivity (Wildman–Crippen MR) is 114 cm³/mol. The van der Waals surface area contributed by atoms with Gasteiger partial charge in [-0.2, -0.15) is 10.4 Å². The molecule has 0 bridgehead atoms. The average molecular weight is 447 g/mol. The summed E-state index contributed by atoms with van der Waals surface area (Å²) in [4.78, 5) is 25.0. The molecule has 2 rings (SSSR count). The Bertz CT molecular complexity index is 1090. The Morgan fingerprint density at radius 3 is 2.71 bits per heavy atom. The number of carbonyl (C=O) groups excluding carboxylic acids is 1. The van der Waals surface area contributed by atoms with Crippen LogP contribution in [-0.2, 0) is 11.3 Å². The number of aliphatic hydroxyl groups is 1. The molecule has 0 amide bonds. The lowest BCUT2D eigenvalue weighted by atomic mass is 10.1. The SMILES string of the molecule is CCCCOC(=O)c1cc(N=Nc2c(C)c(C#N)c(O)n(CCCO)c2=O)ccc1Cl. The Morgan fingerprint density at radius 2 is 2.06 bits per heavy atom. The highest BCUT2D eigenvalue weighted by molar-refractivity contribution is 6.33. The number of aromatic hydroxyl groups is 1. The Morgan fingerprint density at radius 1 is 1.32 bits per heavy atom. The van der Waals surface area contributed by atoms with Crippen LogP contribution in [0.25, 0.3) is 0 Å². The number of unbranched alkanes of at least 4 members (excludes halogenated alkanes) is 1. The maximum absolute atomic E-state index is 12.7. The summed E-state index contributed by atoms with van der Waals surface area (Å²) >= 11 is 6.09. The molecule has 0 spiro atoms. The van der Waals surface area contributed by atoms with E-state index >= 15 is 0 Å². The highest BCUT2D eigenvalue weighted by atomic mass is 35.5. The molecule has 0 aliphatic carbocycles. The van der Waals surface area contributed by atoms with Crippen molar-refractivity contribution in [1.82, 2.24) is 4.57 Å². The Kier molecular flexibility index (Phi) is 8.73.